The molecular formula is C30H50O2. The number of allylic oxidation sites excluding steroid dienone is 1. The fourth-order valence-electron chi connectivity index (χ4n) is 10.8. The highest BCUT2D eigenvalue weighted by Gasteiger charge is 2.67. The molecule has 4 saturated carbocycles. The summed E-state index contributed by atoms with van der Waals surface area (Å²) in [6, 6.07) is 0. The smallest absolute Gasteiger partial charge is 0.0780 e. The lowest BCUT2D eigenvalue weighted by atomic mass is 9.34. The van der Waals surface area contributed by atoms with Crippen molar-refractivity contribution in [3.05, 3.63) is 11.6 Å². The molecule has 0 aromatic carbocycles. The predicted molar refractivity (Wildman–Crippen MR) is 132 cm³/mol. The molecule has 0 unspecified atom stereocenters. The van der Waals surface area contributed by atoms with Crippen LogP contribution < -0.4 is 0 Å². The first-order chi connectivity index (χ1) is 14.6. The molecule has 0 saturated heterocycles. The first kappa shape index (κ1) is 23.4. The molecule has 0 aromatic heterocycles. The minimum Gasteiger partial charge on any atom is -0.393 e. The molecule has 0 amide bonds. The Hall–Kier alpha value is -0.340. The number of rotatable bonds is 0. The van der Waals surface area contributed by atoms with Crippen LogP contribution in [0, 0.1) is 50.2 Å². The lowest BCUT2D eigenvalue weighted by Gasteiger charge is -2.70. The van der Waals surface area contributed by atoms with E-state index in [4.69, 9.17) is 0 Å². The lowest BCUT2D eigenvalue weighted by Crippen LogP contribution is -2.64. The van der Waals surface area contributed by atoms with Crippen molar-refractivity contribution in [1.29, 1.82) is 0 Å². The summed E-state index contributed by atoms with van der Waals surface area (Å²) >= 11 is 0. The highest BCUT2D eigenvalue weighted by molar-refractivity contribution is 5.36. The molecule has 9 atom stereocenters. The van der Waals surface area contributed by atoms with Crippen molar-refractivity contribution in [2.75, 3.05) is 0 Å². The van der Waals surface area contributed by atoms with E-state index in [1.807, 2.05) is 0 Å². The Kier molecular flexibility index (Phi) is 4.87. The average Bonchev–Trinajstić information content (AvgIpc) is 2.68. The number of aliphatic hydroxyl groups is 2. The van der Waals surface area contributed by atoms with Gasteiger partial charge < -0.3 is 10.2 Å². The Balaban J connectivity index is 1.59. The fraction of sp³-hybridized carbons (Fsp3) is 0.933. The van der Waals surface area contributed by atoms with Gasteiger partial charge in [-0.05, 0) is 103 Å². The first-order valence-corrected chi connectivity index (χ1v) is 13.7. The zero-order chi connectivity index (χ0) is 23.5. The van der Waals surface area contributed by atoms with E-state index < -0.39 is 0 Å². The molecule has 0 radical (unpaired) electrons. The van der Waals surface area contributed by atoms with Crippen LogP contribution in [-0.4, -0.2) is 22.4 Å². The van der Waals surface area contributed by atoms with Gasteiger partial charge in [0, 0.05) is 5.41 Å². The molecule has 0 bridgehead atoms. The number of hydrogen-bond donors (Lipinski definition) is 2. The van der Waals surface area contributed by atoms with Gasteiger partial charge in [0.15, 0.2) is 0 Å². The van der Waals surface area contributed by atoms with E-state index in [-0.39, 0.29) is 39.3 Å². The zero-order valence-electron chi connectivity index (χ0n) is 22.2. The largest absolute Gasteiger partial charge is 0.393 e. The van der Waals surface area contributed by atoms with Crippen LogP contribution in [0.3, 0.4) is 0 Å². The van der Waals surface area contributed by atoms with Gasteiger partial charge in [-0.2, -0.15) is 0 Å². The van der Waals surface area contributed by atoms with Crippen molar-refractivity contribution in [2.45, 2.75) is 125 Å². The van der Waals surface area contributed by atoms with E-state index in [0.717, 1.165) is 19.3 Å². The van der Waals surface area contributed by atoms with E-state index in [1.165, 1.54) is 38.5 Å². The molecule has 32 heavy (non-hydrogen) atoms. The van der Waals surface area contributed by atoms with Crippen LogP contribution >= 0.6 is 0 Å². The Morgan fingerprint density at radius 1 is 0.656 bits per heavy atom. The minimum absolute atomic E-state index is 0.00149. The topological polar surface area (TPSA) is 40.5 Å². The van der Waals surface area contributed by atoms with Gasteiger partial charge in [0.2, 0.25) is 0 Å². The predicted octanol–water partition coefficient (Wildman–Crippen LogP) is 7.14. The second-order valence-corrected chi connectivity index (χ2v) is 15.4. The van der Waals surface area contributed by atoms with Gasteiger partial charge in [-0.25, -0.2) is 0 Å². The van der Waals surface area contributed by atoms with Crippen molar-refractivity contribution >= 4 is 0 Å². The lowest BCUT2D eigenvalue weighted by molar-refractivity contribution is -0.189. The molecule has 5 aliphatic carbocycles. The van der Waals surface area contributed by atoms with Crippen LogP contribution in [0.25, 0.3) is 0 Å². The summed E-state index contributed by atoms with van der Waals surface area (Å²) in [5, 5.41) is 22.5. The molecule has 182 valence electrons. The average molecular weight is 443 g/mol. The van der Waals surface area contributed by atoms with Crippen molar-refractivity contribution in [1.82, 2.24) is 0 Å². The molecular weight excluding hydrogens is 392 g/mol. The molecule has 0 spiro atoms. The minimum atomic E-state index is -0.308. The molecule has 0 heterocycles. The van der Waals surface area contributed by atoms with Gasteiger partial charge >= 0.3 is 0 Å². The fourth-order valence-corrected chi connectivity index (χ4v) is 10.8. The monoisotopic (exact) mass is 442 g/mol. The molecule has 5 aliphatic rings. The van der Waals surface area contributed by atoms with Crippen LogP contribution in [0.4, 0.5) is 0 Å². The van der Waals surface area contributed by atoms with Crippen molar-refractivity contribution in [2.24, 2.45) is 50.2 Å². The second kappa shape index (κ2) is 6.66. The highest BCUT2D eigenvalue weighted by Crippen LogP contribution is 2.74. The second-order valence-electron chi connectivity index (χ2n) is 15.4. The maximum atomic E-state index is 11.6. The zero-order valence-corrected chi connectivity index (χ0v) is 22.2. The van der Waals surface area contributed by atoms with E-state index in [1.54, 1.807) is 5.57 Å². The summed E-state index contributed by atoms with van der Waals surface area (Å²) in [6.07, 6.45) is 12.6. The third kappa shape index (κ3) is 2.78. The Morgan fingerprint density at radius 3 is 1.91 bits per heavy atom. The summed E-state index contributed by atoms with van der Waals surface area (Å²) in [6.45, 7) is 19.7. The van der Waals surface area contributed by atoms with E-state index >= 15 is 0 Å². The Bertz CT molecular complexity index is 825. The maximum Gasteiger partial charge on any atom is 0.0780 e. The molecule has 0 aromatic rings. The first-order valence-electron chi connectivity index (χ1n) is 13.7. The van der Waals surface area contributed by atoms with Gasteiger partial charge in [-0.3, -0.25) is 0 Å². The van der Waals surface area contributed by atoms with E-state index in [2.05, 4.69) is 61.5 Å². The van der Waals surface area contributed by atoms with Gasteiger partial charge in [-0.1, -0.05) is 67.0 Å². The third-order valence-electron chi connectivity index (χ3n) is 12.9. The summed E-state index contributed by atoms with van der Waals surface area (Å²) in [5.74, 6) is 1.82. The number of hydrogen-bond acceptors (Lipinski definition) is 2. The van der Waals surface area contributed by atoms with Crippen LogP contribution in [0.2, 0.25) is 0 Å². The Morgan fingerprint density at radius 2 is 1.25 bits per heavy atom. The van der Waals surface area contributed by atoms with Gasteiger partial charge in [-0.15, -0.1) is 0 Å². The molecule has 2 nitrogen and oxygen atoms in total. The summed E-state index contributed by atoms with van der Waals surface area (Å²) in [5.41, 5.74) is 2.70. The molecule has 0 aliphatic heterocycles. The maximum absolute atomic E-state index is 11.6. The normalized spacial score (nSPS) is 56.2. The highest BCUT2D eigenvalue weighted by atomic mass is 16.3. The SMILES string of the molecule is CC1(C)CC[C@]2(C)[C@H](O)C=C3[C@]4(C)CC[C@H]5C(C)(C)[C@@H](O)CC[C@]5(C)[C@H]4CC[C@@]3(C)[C@@H]2C1. The molecule has 2 N–H and O–H groups in total. The van der Waals surface area contributed by atoms with Crippen molar-refractivity contribution in [3.8, 4) is 0 Å². The van der Waals surface area contributed by atoms with Crippen LogP contribution in [0.5, 0.6) is 0 Å². The van der Waals surface area contributed by atoms with Gasteiger partial charge in [0.05, 0.1) is 12.2 Å². The standard InChI is InChI=1S/C30H50O2/c1-25(2)15-16-30(8)22(18-25)29(7)13-10-20-27(5)14-11-23(31)26(3,4)19(27)9-12-28(20,6)21(29)17-24(30)32/h17,19-20,22-24,31-32H,9-16,18H2,1-8H3/t19-,20+,22-,23-,24+,27-,28+,29+,30-/m0/s1. The molecule has 5 rings (SSSR count). The molecule has 4 fully saturated rings. The van der Waals surface area contributed by atoms with Gasteiger partial charge in [0.1, 0.15) is 0 Å². The summed E-state index contributed by atoms with van der Waals surface area (Å²) in [7, 11) is 0. The number of fused-ring (bicyclic) bond motifs is 7. The third-order valence-corrected chi connectivity index (χ3v) is 12.9. The summed E-state index contributed by atoms with van der Waals surface area (Å²) < 4.78 is 0. The Labute approximate surface area is 197 Å². The van der Waals surface area contributed by atoms with Crippen molar-refractivity contribution in [3.63, 3.8) is 0 Å². The number of aliphatic hydroxyl groups excluding tert-OH is 2. The summed E-state index contributed by atoms with van der Waals surface area (Å²) in [4.78, 5) is 0. The molecule has 2 heteroatoms. The van der Waals surface area contributed by atoms with E-state index in [9.17, 15) is 10.2 Å². The quantitative estimate of drug-likeness (QED) is 0.391. The van der Waals surface area contributed by atoms with Crippen LogP contribution in [0.1, 0.15) is 113 Å². The van der Waals surface area contributed by atoms with E-state index in [0.29, 0.717) is 23.2 Å². The van der Waals surface area contributed by atoms with Crippen molar-refractivity contribution < 1.29 is 10.2 Å². The van der Waals surface area contributed by atoms with Crippen LogP contribution in [-0.2, 0) is 0 Å². The van der Waals surface area contributed by atoms with Gasteiger partial charge in [0.25, 0.3) is 0 Å². The van der Waals surface area contributed by atoms with Crippen LogP contribution in [0.15, 0.2) is 11.6 Å².